The van der Waals surface area contributed by atoms with Crippen LogP contribution < -0.4 is 15.0 Å². The summed E-state index contributed by atoms with van der Waals surface area (Å²) >= 11 is 0. The van der Waals surface area contributed by atoms with Crippen molar-refractivity contribution in [1.29, 1.82) is 0 Å². The van der Waals surface area contributed by atoms with Gasteiger partial charge in [-0.25, -0.2) is 0 Å². The summed E-state index contributed by atoms with van der Waals surface area (Å²) in [6.07, 6.45) is 3.97. The number of rotatable bonds is 3. The Bertz CT molecular complexity index is 1820. The molecule has 13 nitrogen and oxygen atoms in total. The highest BCUT2D eigenvalue weighted by atomic mass is 16.7. The van der Waals surface area contributed by atoms with Crippen molar-refractivity contribution >= 4 is 39.8 Å². The number of aliphatic hydroxyl groups is 2. The Balaban J connectivity index is 1.92. The molecule has 0 saturated heterocycles. The van der Waals surface area contributed by atoms with Crippen LogP contribution in [0.15, 0.2) is 42.2 Å². The number of ketones is 1. The third-order valence-corrected chi connectivity index (χ3v) is 10.3. The molecule has 284 valence electrons. The second-order valence-corrected chi connectivity index (χ2v) is 14.3. The number of carbonyl (C=O) groups excluding carboxylic acids is 3. The Morgan fingerprint density at radius 3 is 2.21 bits per heavy atom. The van der Waals surface area contributed by atoms with E-state index in [4.69, 9.17) is 18.9 Å². The molecule has 2 aromatic carbocycles. The molecule has 1 amide bonds. The molecule has 0 fully saturated rings. The first-order valence-electron chi connectivity index (χ1n) is 17.3. The van der Waals surface area contributed by atoms with E-state index in [9.17, 15) is 34.8 Å². The normalized spacial score (nSPS) is 32.4. The predicted octanol–water partition coefficient (Wildman–Crippen LogP) is 5.11. The molecule has 0 spiro atoms. The van der Waals surface area contributed by atoms with Crippen molar-refractivity contribution in [3.8, 4) is 17.2 Å². The zero-order chi connectivity index (χ0) is 39.0. The Hall–Kier alpha value is -4.59. The van der Waals surface area contributed by atoms with Gasteiger partial charge < -0.3 is 49.6 Å². The maximum atomic E-state index is 14.2. The molecule has 5 rings (SSSR count). The summed E-state index contributed by atoms with van der Waals surface area (Å²) in [6.45, 7) is 12.8. The number of fused-ring (bicyclic) bond motifs is 14. The summed E-state index contributed by atoms with van der Waals surface area (Å²) in [5, 5.41) is 48.5. The van der Waals surface area contributed by atoms with Gasteiger partial charge in [0.25, 0.3) is 11.7 Å². The summed E-state index contributed by atoms with van der Waals surface area (Å²) in [5.74, 6) is -6.62. The number of esters is 1. The second kappa shape index (κ2) is 15.6. The topological polar surface area (TPSA) is 184 Å². The number of phenols is 2. The first kappa shape index (κ1) is 40.2. The van der Waals surface area contributed by atoms with E-state index in [1.165, 1.54) is 33.3 Å². The average molecular weight is 725 g/mol. The number of nitrogens with one attached hydrogen (secondary N) is 1. The molecule has 0 aliphatic carbocycles. The Kier molecular flexibility index (Phi) is 12.0. The van der Waals surface area contributed by atoms with Crippen molar-refractivity contribution in [2.24, 2.45) is 23.7 Å². The van der Waals surface area contributed by atoms with Gasteiger partial charge in [0.15, 0.2) is 5.75 Å². The van der Waals surface area contributed by atoms with Crippen molar-refractivity contribution in [3.63, 3.8) is 0 Å². The number of amides is 1. The number of ether oxygens (including phenoxy) is 4. The highest BCUT2D eigenvalue weighted by Gasteiger charge is 2.49. The van der Waals surface area contributed by atoms with E-state index >= 15 is 0 Å². The van der Waals surface area contributed by atoms with Crippen molar-refractivity contribution in [1.82, 2.24) is 0 Å². The number of phenolic OH excluding ortho intramolecular Hbond substituents is 2. The first-order valence-corrected chi connectivity index (χ1v) is 17.3. The monoisotopic (exact) mass is 724 g/mol. The van der Waals surface area contributed by atoms with Gasteiger partial charge in [-0.3, -0.25) is 14.4 Å². The molecule has 5 bridgehead atoms. The van der Waals surface area contributed by atoms with Crippen LogP contribution in [-0.4, -0.2) is 89.5 Å². The van der Waals surface area contributed by atoms with Crippen LogP contribution in [0, 0.1) is 30.6 Å². The van der Waals surface area contributed by atoms with E-state index in [0.717, 1.165) is 0 Å². The molecule has 0 saturated carbocycles. The number of hydrogen-bond acceptors (Lipinski definition) is 12. The number of methoxy groups -OCH3 is 1. The molecule has 52 heavy (non-hydrogen) atoms. The van der Waals surface area contributed by atoms with Gasteiger partial charge in [-0.2, -0.15) is 0 Å². The lowest BCUT2D eigenvalue weighted by molar-refractivity contribution is -0.160. The average Bonchev–Trinajstić information content (AvgIpc) is 3.35. The van der Waals surface area contributed by atoms with Gasteiger partial charge in [-0.05, 0) is 26.0 Å². The molecule has 13 heteroatoms. The molecule has 5 N–H and O–H groups in total. The van der Waals surface area contributed by atoms with Gasteiger partial charge in [-0.15, -0.1) is 0 Å². The fourth-order valence-corrected chi connectivity index (χ4v) is 7.00. The third-order valence-electron chi connectivity index (χ3n) is 10.3. The molecule has 2 aromatic rings. The van der Waals surface area contributed by atoms with Gasteiger partial charge in [0.1, 0.15) is 17.6 Å². The number of nitrogens with zero attached hydrogens (tertiary/aromatic N) is 1. The van der Waals surface area contributed by atoms with Crippen molar-refractivity contribution in [2.75, 3.05) is 31.4 Å². The van der Waals surface area contributed by atoms with E-state index in [2.05, 4.69) is 5.32 Å². The lowest BCUT2D eigenvalue weighted by Gasteiger charge is -2.38. The molecular weight excluding hydrogens is 672 g/mol. The fraction of sp³-hybridized carbons (Fsp3) is 0.513. The van der Waals surface area contributed by atoms with Gasteiger partial charge in [-0.1, -0.05) is 45.9 Å². The van der Waals surface area contributed by atoms with Crippen LogP contribution in [0.1, 0.15) is 64.4 Å². The number of benzene rings is 2. The highest BCUT2D eigenvalue weighted by molar-refractivity contribution is 6.23. The molecule has 0 radical (unpaired) electrons. The lowest BCUT2D eigenvalue weighted by atomic mass is 9.78. The van der Waals surface area contributed by atoms with E-state index in [-0.39, 0.29) is 44.7 Å². The van der Waals surface area contributed by atoms with Crippen LogP contribution in [0.2, 0.25) is 0 Å². The van der Waals surface area contributed by atoms with Crippen molar-refractivity contribution in [2.45, 2.75) is 85.6 Å². The van der Waals surface area contributed by atoms with Crippen LogP contribution >= 0.6 is 0 Å². The van der Waals surface area contributed by atoms with Crippen molar-refractivity contribution < 1.29 is 53.8 Å². The van der Waals surface area contributed by atoms with E-state index in [1.807, 2.05) is 0 Å². The van der Waals surface area contributed by atoms with Gasteiger partial charge in [0.05, 0.1) is 41.2 Å². The van der Waals surface area contributed by atoms with Gasteiger partial charge >= 0.3 is 11.8 Å². The molecular formula is C39H52N2O11. The number of allylic oxidation sites excluding steroid dienone is 2. The molecule has 9 unspecified atom stereocenters. The number of aromatic hydroxyl groups is 2. The van der Waals surface area contributed by atoms with E-state index in [0.29, 0.717) is 5.69 Å². The molecule has 0 aromatic heterocycles. The van der Waals surface area contributed by atoms with E-state index < -0.39 is 77.3 Å². The first-order chi connectivity index (χ1) is 24.3. The van der Waals surface area contributed by atoms with Crippen LogP contribution in [-0.2, 0) is 23.8 Å². The quantitative estimate of drug-likeness (QED) is 0.209. The smallest absolute Gasteiger partial charge is 0.312 e. The van der Waals surface area contributed by atoms with Crippen LogP contribution in [0.3, 0.4) is 0 Å². The highest BCUT2D eigenvalue weighted by Crippen LogP contribution is 2.53. The molecule has 3 aliphatic heterocycles. The van der Waals surface area contributed by atoms with Gasteiger partial charge in [0.2, 0.25) is 0 Å². The standard InChI is InChI=1S/C39H52N2O11/c1-18-13-12-14-19(2)38(48)40-25-17-26(41(9)10)28-29(34(25)46)33(45)23(6)36-30(28)37(47)39(8,52-36)50-16-15-27(49-11)20(3)35(51-24(7)42)22(5)32(44)21(4)31(18)43/h12-18,20-22,27,31-32,35,43-46H,1-11H3,(H,40,48)/b13-12-,16-15-,19-14-. The fourth-order valence-electron chi connectivity index (χ4n) is 7.00. The Morgan fingerprint density at radius 1 is 0.962 bits per heavy atom. The van der Waals surface area contributed by atoms with Gasteiger partial charge in [0, 0.05) is 80.9 Å². The zero-order valence-electron chi connectivity index (χ0n) is 31.7. The maximum Gasteiger partial charge on any atom is 0.312 e. The summed E-state index contributed by atoms with van der Waals surface area (Å²) in [4.78, 5) is 41.5. The minimum absolute atomic E-state index is 0.00264. The second-order valence-electron chi connectivity index (χ2n) is 14.3. The summed E-state index contributed by atoms with van der Waals surface area (Å²) in [5.41, 5.74) is 0.926. The summed E-state index contributed by atoms with van der Waals surface area (Å²) in [6, 6.07) is 1.51. The number of aliphatic hydroxyl groups excluding tert-OH is 2. The number of Topliss-reactive ketones (excluding diaryl/α,β-unsaturated/α-hetero) is 1. The largest absolute Gasteiger partial charge is 0.507 e. The van der Waals surface area contributed by atoms with E-state index in [1.54, 1.807) is 84.8 Å². The SMILES string of the molecule is COC1/C=C\OC2(C)Oc3c(C)c(O)c4c(O)c(cc(N(C)C)c4c3C2=O)NC(=O)/C(C)=C\C=C/C(C)C(O)C(C)C(O)C(C)C(OC(C)=O)C1C. The third kappa shape index (κ3) is 7.48. The maximum absolute atomic E-state index is 14.2. The number of anilines is 2. The molecule has 3 heterocycles. The minimum atomic E-state index is -1.90. The zero-order valence-corrected chi connectivity index (χ0v) is 31.7. The van der Waals surface area contributed by atoms with Crippen LogP contribution in [0.25, 0.3) is 10.8 Å². The summed E-state index contributed by atoms with van der Waals surface area (Å²) in [7, 11) is 4.90. The Morgan fingerprint density at radius 2 is 1.62 bits per heavy atom. The molecule has 9 atom stereocenters. The minimum Gasteiger partial charge on any atom is -0.507 e. The van der Waals surface area contributed by atoms with Crippen LogP contribution in [0.4, 0.5) is 11.4 Å². The molecule has 3 aliphatic rings. The van der Waals surface area contributed by atoms with Crippen LogP contribution in [0.5, 0.6) is 17.2 Å². The Labute approximate surface area is 304 Å². The summed E-state index contributed by atoms with van der Waals surface area (Å²) < 4.78 is 23.6. The number of carbonyl (C=O) groups is 3. The lowest BCUT2D eigenvalue weighted by Crippen LogP contribution is -2.46. The number of hydrogen-bond donors (Lipinski definition) is 5. The van der Waals surface area contributed by atoms with Crippen molar-refractivity contribution in [3.05, 3.63) is 53.3 Å². The predicted molar refractivity (Wildman–Crippen MR) is 196 cm³/mol.